The number of hydrogen-bond donors (Lipinski definition) is 3. The number of hydrogen-bond acceptors (Lipinski definition) is 3. The van der Waals surface area contributed by atoms with Gasteiger partial charge in [0.15, 0.2) is 0 Å². The molecule has 0 radical (unpaired) electrons. The van der Waals surface area contributed by atoms with Crippen LogP contribution >= 0.6 is 0 Å². The predicted molar refractivity (Wildman–Crippen MR) is 64.0 cm³/mol. The molecule has 4 nitrogen and oxygen atoms in total. The summed E-state index contributed by atoms with van der Waals surface area (Å²) in [6.45, 7) is 1.47. The Morgan fingerprint density at radius 2 is 1.81 bits per heavy atom. The zero-order chi connectivity index (χ0) is 11.4. The number of nitrogens with two attached hydrogens (primary N) is 1. The summed E-state index contributed by atoms with van der Waals surface area (Å²) in [6, 6.07) is 0.705. The third-order valence-corrected chi connectivity index (χ3v) is 3.55. The van der Waals surface area contributed by atoms with E-state index in [4.69, 9.17) is 5.73 Å². The molecule has 1 amide bonds. The maximum absolute atomic E-state index is 11.6. The Morgan fingerprint density at radius 1 is 1.12 bits per heavy atom. The van der Waals surface area contributed by atoms with Gasteiger partial charge in [0.05, 0.1) is 6.54 Å². The average Bonchev–Trinajstić information content (AvgIpc) is 3.05. The number of amides is 1. The van der Waals surface area contributed by atoms with Crippen molar-refractivity contribution in [1.29, 1.82) is 0 Å². The monoisotopic (exact) mass is 225 g/mol. The third kappa shape index (κ3) is 4.10. The van der Waals surface area contributed by atoms with Gasteiger partial charge in [-0.05, 0) is 51.0 Å². The minimum absolute atomic E-state index is 0.140. The second kappa shape index (κ2) is 5.64. The van der Waals surface area contributed by atoms with Crippen LogP contribution in [0.4, 0.5) is 0 Å². The van der Waals surface area contributed by atoms with Gasteiger partial charge in [-0.1, -0.05) is 0 Å². The van der Waals surface area contributed by atoms with E-state index in [2.05, 4.69) is 10.6 Å². The highest BCUT2D eigenvalue weighted by Crippen LogP contribution is 2.27. The van der Waals surface area contributed by atoms with Gasteiger partial charge in [-0.3, -0.25) is 4.79 Å². The summed E-state index contributed by atoms with van der Waals surface area (Å²) in [5, 5.41) is 6.29. The van der Waals surface area contributed by atoms with E-state index in [0.717, 1.165) is 38.1 Å². The van der Waals surface area contributed by atoms with Crippen molar-refractivity contribution in [3.8, 4) is 0 Å². The lowest BCUT2D eigenvalue weighted by molar-refractivity contribution is -0.121. The maximum atomic E-state index is 11.6. The van der Waals surface area contributed by atoms with E-state index in [1.54, 1.807) is 0 Å². The van der Waals surface area contributed by atoms with E-state index in [0.29, 0.717) is 18.6 Å². The van der Waals surface area contributed by atoms with Crippen LogP contribution in [0.15, 0.2) is 0 Å². The summed E-state index contributed by atoms with van der Waals surface area (Å²) in [7, 11) is 0. The molecule has 2 fully saturated rings. The second-order valence-electron chi connectivity index (χ2n) is 5.25. The van der Waals surface area contributed by atoms with Crippen molar-refractivity contribution in [2.24, 2.45) is 11.7 Å². The van der Waals surface area contributed by atoms with Gasteiger partial charge < -0.3 is 16.4 Å². The average molecular weight is 225 g/mol. The van der Waals surface area contributed by atoms with Crippen LogP contribution in [0.2, 0.25) is 0 Å². The highest BCUT2D eigenvalue weighted by molar-refractivity contribution is 5.78. The van der Waals surface area contributed by atoms with Gasteiger partial charge in [0.25, 0.3) is 0 Å². The van der Waals surface area contributed by atoms with Crippen molar-refractivity contribution >= 4 is 5.91 Å². The first-order valence-corrected chi connectivity index (χ1v) is 6.49. The fourth-order valence-electron chi connectivity index (χ4n) is 2.25. The predicted octanol–water partition coefficient (Wildman–Crippen LogP) is 0.372. The minimum atomic E-state index is 0.140. The first-order valence-electron chi connectivity index (χ1n) is 6.49. The fourth-order valence-corrected chi connectivity index (χ4v) is 2.25. The Bertz CT molecular complexity index is 232. The Kier molecular flexibility index (Phi) is 4.18. The summed E-state index contributed by atoms with van der Waals surface area (Å²) >= 11 is 0. The van der Waals surface area contributed by atoms with Crippen LogP contribution in [-0.4, -0.2) is 31.1 Å². The molecular weight excluding hydrogens is 202 g/mol. The first-order chi connectivity index (χ1) is 7.74. The molecule has 0 bridgehead atoms. The third-order valence-electron chi connectivity index (χ3n) is 3.55. The zero-order valence-corrected chi connectivity index (χ0v) is 9.87. The number of carbonyl (C=O) groups is 1. The van der Waals surface area contributed by atoms with Crippen LogP contribution in [-0.2, 0) is 4.79 Å². The lowest BCUT2D eigenvalue weighted by atomic mass is 9.92. The van der Waals surface area contributed by atoms with E-state index < -0.39 is 0 Å². The zero-order valence-electron chi connectivity index (χ0n) is 9.87. The molecule has 2 rings (SSSR count). The minimum Gasteiger partial charge on any atom is -0.352 e. The molecule has 2 aliphatic carbocycles. The van der Waals surface area contributed by atoms with E-state index >= 15 is 0 Å². The van der Waals surface area contributed by atoms with Crippen molar-refractivity contribution in [2.45, 2.75) is 50.6 Å². The highest BCUT2D eigenvalue weighted by atomic mass is 16.1. The van der Waals surface area contributed by atoms with Crippen molar-refractivity contribution in [3.05, 3.63) is 0 Å². The Morgan fingerprint density at radius 3 is 2.44 bits per heavy atom. The van der Waals surface area contributed by atoms with Crippen LogP contribution in [0.1, 0.15) is 38.5 Å². The first kappa shape index (κ1) is 11.9. The van der Waals surface area contributed by atoms with Crippen LogP contribution < -0.4 is 16.4 Å². The van der Waals surface area contributed by atoms with Gasteiger partial charge in [-0.15, -0.1) is 0 Å². The molecule has 0 atom stereocenters. The quantitative estimate of drug-likeness (QED) is 0.633. The molecule has 2 aliphatic rings. The molecule has 0 heterocycles. The molecule has 0 unspecified atom stereocenters. The number of carbonyl (C=O) groups excluding carboxylic acids is 1. The summed E-state index contributed by atoms with van der Waals surface area (Å²) in [6.07, 6.45) is 6.82. The fraction of sp³-hybridized carbons (Fsp3) is 0.917. The SMILES string of the molecule is NC1CCC(NC(=O)CNCC2CC2)CC1. The van der Waals surface area contributed by atoms with Crippen LogP contribution in [0.5, 0.6) is 0 Å². The molecule has 92 valence electrons. The largest absolute Gasteiger partial charge is 0.352 e. The van der Waals surface area contributed by atoms with Crippen molar-refractivity contribution < 1.29 is 4.79 Å². The van der Waals surface area contributed by atoms with Gasteiger partial charge in [0.2, 0.25) is 5.91 Å². The lowest BCUT2D eigenvalue weighted by Crippen LogP contribution is -2.44. The van der Waals surface area contributed by atoms with Crippen molar-refractivity contribution in [2.75, 3.05) is 13.1 Å². The molecule has 0 aliphatic heterocycles. The lowest BCUT2D eigenvalue weighted by Gasteiger charge is -2.26. The van der Waals surface area contributed by atoms with E-state index in [9.17, 15) is 4.79 Å². The molecule has 4 heteroatoms. The smallest absolute Gasteiger partial charge is 0.234 e. The van der Waals surface area contributed by atoms with Crippen molar-refractivity contribution in [1.82, 2.24) is 10.6 Å². The Balaban J connectivity index is 1.55. The molecule has 4 N–H and O–H groups in total. The van der Waals surface area contributed by atoms with Gasteiger partial charge in [0, 0.05) is 12.1 Å². The molecular formula is C12H23N3O. The standard InChI is InChI=1S/C12H23N3O/c13-10-3-5-11(6-4-10)15-12(16)8-14-7-9-1-2-9/h9-11,14H,1-8,13H2,(H,15,16). The Labute approximate surface area is 97.3 Å². The summed E-state index contributed by atoms with van der Waals surface area (Å²) < 4.78 is 0. The molecule has 2 saturated carbocycles. The van der Waals surface area contributed by atoms with Gasteiger partial charge in [-0.2, -0.15) is 0 Å². The van der Waals surface area contributed by atoms with Crippen LogP contribution in [0, 0.1) is 5.92 Å². The van der Waals surface area contributed by atoms with Crippen LogP contribution in [0.3, 0.4) is 0 Å². The van der Waals surface area contributed by atoms with E-state index in [1.165, 1.54) is 12.8 Å². The van der Waals surface area contributed by atoms with Crippen LogP contribution in [0.25, 0.3) is 0 Å². The normalized spacial score (nSPS) is 30.1. The summed E-state index contributed by atoms with van der Waals surface area (Å²) in [4.78, 5) is 11.6. The molecule has 0 spiro atoms. The summed E-state index contributed by atoms with van der Waals surface area (Å²) in [5.41, 5.74) is 5.82. The number of nitrogens with one attached hydrogen (secondary N) is 2. The van der Waals surface area contributed by atoms with E-state index in [1.807, 2.05) is 0 Å². The molecule has 0 saturated heterocycles. The van der Waals surface area contributed by atoms with E-state index in [-0.39, 0.29) is 5.91 Å². The van der Waals surface area contributed by atoms with Crippen molar-refractivity contribution in [3.63, 3.8) is 0 Å². The number of rotatable bonds is 5. The maximum Gasteiger partial charge on any atom is 0.234 e. The van der Waals surface area contributed by atoms with Gasteiger partial charge in [-0.25, -0.2) is 0 Å². The molecule has 16 heavy (non-hydrogen) atoms. The van der Waals surface area contributed by atoms with Gasteiger partial charge >= 0.3 is 0 Å². The van der Waals surface area contributed by atoms with Gasteiger partial charge in [0.1, 0.15) is 0 Å². The second-order valence-corrected chi connectivity index (χ2v) is 5.25. The Hall–Kier alpha value is -0.610. The molecule has 0 aromatic rings. The molecule has 0 aromatic heterocycles. The summed E-state index contributed by atoms with van der Waals surface area (Å²) in [5.74, 6) is 0.974. The molecule has 0 aromatic carbocycles. The topological polar surface area (TPSA) is 67.1 Å². The highest BCUT2D eigenvalue weighted by Gasteiger charge is 2.22.